The van der Waals surface area contributed by atoms with E-state index in [-0.39, 0.29) is 18.8 Å². The van der Waals surface area contributed by atoms with Crippen LogP contribution in [0.25, 0.3) is 0 Å². The van der Waals surface area contributed by atoms with Crippen LogP contribution in [0.3, 0.4) is 0 Å². The maximum Gasteiger partial charge on any atom is 0.248 e. The summed E-state index contributed by atoms with van der Waals surface area (Å²) in [5, 5.41) is 0.691. The first-order valence-corrected chi connectivity index (χ1v) is 5.61. The van der Waals surface area contributed by atoms with Gasteiger partial charge in [0, 0.05) is 18.2 Å². The van der Waals surface area contributed by atoms with Crippen LogP contribution in [0.2, 0.25) is 0 Å². The monoisotopic (exact) mass is 242 g/mol. The summed E-state index contributed by atoms with van der Waals surface area (Å²) in [6.07, 6.45) is 1.86. The molecule has 1 unspecified atom stereocenters. The van der Waals surface area contributed by atoms with Crippen molar-refractivity contribution in [2.24, 2.45) is 5.92 Å². The van der Waals surface area contributed by atoms with Crippen LogP contribution in [0, 0.1) is 5.92 Å². The van der Waals surface area contributed by atoms with Gasteiger partial charge in [-0.25, -0.2) is 8.78 Å². The average molecular weight is 243 g/mol. The summed E-state index contributed by atoms with van der Waals surface area (Å²) in [5.74, 6) is -2.34. The van der Waals surface area contributed by atoms with E-state index in [1.165, 1.54) is 6.92 Å². The van der Waals surface area contributed by atoms with Gasteiger partial charge in [-0.15, -0.1) is 0 Å². The minimum atomic E-state index is -2.46. The Morgan fingerprint density at radius 3 is 2.25 bits per heavy atom. The highest BCUT2D eigenvalue weighted by Crippen LogP contribution is 2.29. The summed E-state index contributed by atoms with van der Waals surface area (Å²) in [7, 11) is 0. The molecule has 0 aliphatic rings. The third-order valence-electron chi connectivity index (χ3n) is 2.02. The Bertz CT molecular complexity index is 115. The fourth-order valence-electron chi connectivity index (χ4n) is 1.21. The molecule has 0 heterocycles. The van der Waals surface area contributed by atoms with E-state index in [0.717, 1.165) is 12.8 Å². The highest BCUT2D eigenvalue weighted by Gasteiger charge is 2.29. The molecule has 0 N–H and O–H groups in total. The zero-order valence-corrected chi connectivity index (χ0v) is 9.33. The van der Waals surface area contributed by atoms with Gasteiger partial charge in [-0.2, -0.15) is 0 Å². The topological polar surface area (TPSA) is 0 Å². The molecule has 0 aliphatic heterocycles. The second-order valence-electron chi connectivity index (χ2n) is 3.22. The molecule has 0 spiro atoms. The zero-order valence-electron chi connectivity index (χ0n) is 7.75. The van der Waals surface area contributed by atoms with Crippen molar-refractivity contribution in [2.75, 3.05) is 5.33 Å². The summed E-state index contributed by atoms with van der Waals surface area (Å²) in [6.45, 7) is 3.57. The number of halogens is 3. The lowest BCUT2D eigenvalue weighted by molar-refractivity contribution is -0.0246. The van der Waals surface area contributed by atoms with Crippen molar-refractivity contribution in [3.8, 4) is 0 Å². The summed E-state index contributed by atoms with van der Waals surface area (Å²) >= 11 is 3.27. The van der Waals surface area contributed by atoms with E-state index >= 15 is 0 Å². The molecular formula is C9H17BrF2. The van der Waals surface area contributed by atoms with Crippen LogP contribution >= 0.6 is 15.9 Å². The van der Waals surface area contributed by atoms with Gasteiger partial charge in [0.15, 0.2) is 0 Å². The molecule has 0 radical (unpaired) electrons. The summed E-state index contributed by atoms with van der Waals surface area (Å²) in [4.78, 5) is 0. The quantitative estimate of drug-likeness (QED) is 0.612. The van der Waals surface area contributed by atoms with Gasteiger partial charge in [-0.05, 0) is 12.3 Å². The Morgan fingerprint density at radius 1 is 1.33 bits per heavy atom. The van der Waals surface area contributed by atoms with Crippen LogP contribution in [-0.2, 0) is 0 Å². The van der Waals surface area contributed by atoms with E-state index < -0.39 is 5.92 Å². The highest BCUT2D eigenvalue weighted by atomic mass is 79.9. The van der Waals surface area contributed by atoms with Crippen molar-refractivity contribution in [3.05, 3.63) is 0 Å². The predicted octanol–water partition coefficient (Wildman–Crippen LogP) is 4.23. The number of rotatable bonds is 6. The fourth-order valence-corrected chi connectivity index (χ4v) is 1.76. The number of hydrogen-bond donors (Lipinski definition) is 0. The summed E-state index contributed by atoms with van der Waals surface area (Å²) in [6, 6.07) is 0. The highest BCUT2D eigenvalue weighted by molar-refractivity contribution is 9.09. The fraction of sp³-hybridized carbons (Fsp3) is 1.00. The number of alkyl halides is 3. The van der Waals surface area contributed by atoms with Gasteiger partial charge in [-0.1, -0.05) is 36.2 Å². The second-order valence-corrected chi connectivity index (χ2v) is 3.87. The smallest absolute Gasteiger partial charge is 0.207 e. The maximum atomic E-state index is 12.9. The second kappa shape index (κ2) is 5.90. The van der Waals surface area contributed by atoms with Gasteiger partial charge < -0.3 is 0 Å². The molecular weight excluding hydrogens is 226 g/mol. The van der Waals surface area contributed by atoms with Crippen LogP contribution in [-0.4, -0.2) is 11.3 Å². The molecule has 0 aromatic carbocycles. The third kappa shape index (κ3) is 5.07. The molecule has 0 rings (SSSR count). The van der Waals surface area contributed by atoms with Gasteiger partial charge >= 0.3 is 0 Å². The first-order chi connectivity index (χ1) is 5.55. The van der Waals surface area contributed by atoms with Crippen LogP contribution in [0.5, 0.6) is 0 Å². The SMILES string of the molecule is CCCC(CBr)CC(F)(F)CC. The molecule has 12 heavy (non-hydrogen) atoms. The lowest BCUT2D eigenvalue weighted by Crippen LogP contribution is -2.20. The van der Waals surface area contributed by atoms with Crippen LogP contribution in [0.1, 0.15) is 39.5 Å². The van der Waals surface area contributed by atoms with Crippen molar-refractivity contribution in [2.45, 2.75) is 45.5 Å². The average Bonchev–Trinajstić information content (AvgIpc) is 2.03. The van der Waals surface area contributed by atoms with Crippen molar-refractivity contribution in [3.63, 3.8) is 0 Å². The van der Waals surface area contributed by atoms with Gasteiger partial charge in [0.25, 0.3) is 0 Å². The van der Waals surface area contributed by atoms with E-state index in [1.54, 1.807) is 0 Å². The minimum absolute atomic E-state index is 0.0303. The lowest BCUT2D eigenvalue weighted by Gasteiger charge is -2.20. The molecule has 74 valence electrons. The van der Waals surface area contributed by atoms with Gasteiger partial charge in [-0.3, -0.25) is 0 Å². The Hall–Kier alpha value is 0.340. The van der Waals surface area contributed by atoms with Crippen molar-refractivity contribution >= 4 is 15.9 Å². The molecule has 0 aliphatic carbocycles. The molecule has 0 saturated carbocycles. The Kier molecular flexibility index (Phi) is 6.06. The Morgan fingerprint density at radius 2 is 1.92 bits per heavy atom. The van der Waals surface area contributed by atoms with E-state index in [1.807, 2.05) is 6.92 Å². The van der Waals surface area contributed by atoms with E-state index in [9.17, 15) is 8.78 Å². The van der Waals surface area contributed by atoms with Gasteiger partial charge in [0.1, 0.15) is 0 Å². The number of hydrogen-bond acceptors (Lipinski definition) is 0. The van der Waals surface area contributed by atoms with E-state index in [4.69, 9.17) is 0 Å². The predicted molar refractivity (Wildman–Crippen MR) is 52.0 cm³/mol. The molecule has 0 amide bonds. The maximum absolute atomic E-state index is 12.9. The molecule has 0 saturated heterocycles. The molecule has 1 atom stereocenters. The molecule has 0 fully saturated rings. The molecule has 3 heteroatoms. The normalized spacial score (nSPS) is 14.8. The standard InChI is InChI=1S/C9H17BrF2/c1-3-5-8(7-10)6-9(11,12)4-2/h8H,3-7H2,1-2H3. The third-order valence-corrected chi connectivity index (χ3v) is 2.94. The van der Waals surface area contributed by atoms with Crippen molar-refractivity contribution in [1.29, 1.82) is 0 Å². The first kappa shape index (κ1) is 12.3. The lowest BCUT2D eigenvalue weighted by atomic mass is 9.97. The van der Waals surface area contributed by atoms with Crippen LogP contribution in [0.4, 0.5) is 8.78 Å². The largest absolute Gasteiger partial charge is 0.248 e. The van der Waals surface area contributed by atoms with Gasteiger partial charge in [0.05, 0.1) is 0 Å². The molecule has 0 bridgehead atoms. The Labute approximate surface area is 81.9 Å². The zero-order chi connectivity index (χ0) is 9.61. The van der Waals surface area contributed by atoms with Crippen LogP contribution in [0.15, 0.2) is 0 Å². The van der Waals surface area contributed by atoms with E-state index in [0.29, 0.717) is 5.33 Å². The van der Waals surface area contributed by atoms with Crippen molar-refractivity contribution < 1.29 is 8.78 Å². The van der Waals surface area contributed by atoms with E-state index in [2.05, 4.69) is 15.9 Å². The van der Waals surface area contributed by atoms with Crippen LogP contribution < -0.4 is 0 Å². The van der Waals surface area contributed by atoms with Gasteiger partial charge in [0.2, 0.25) is 5.92 Å². The van der Waals surface area contributed by atoms with Crippen molar-refractivity contribution in [1.82, 2.24) is 0 Å². The molecule has 0 aromatic rings. The first-order valence-electron chi connectivity index (χ1n) is 4.49. The Balaban J connectivity index is 3.83. The summed E-state index contributed by atoms with van der Waals surface area (Å²) in [5.41, 5.74) is 0. The molecule has 0 nitrogen and oxygen atoms in total. The minimum Gasteiger partial charge on any atom is -0.207 e. The summed E-state index contributed by atoms with van der Waals surface area (Å²) < 4.78 is 25.8. The molecule has 0 aromatic heterocycles.